The van der Waals surface area contributed by atoms with Crippen molar-refractivity contribution in [3.05, 3.63) is 48.3 Å². The lowest BCUT2D eigenvalue weighted by Crippen LogP contribution is -2.29. The van der Waals surface area contributed by atoms with Crippen molar-refractivity contribution in [3.8, 4) is 5.69 Å². The molecule has 98 valence electrons. The van der Waals surface area contributed by atoms with Crippen LogP contribution in [0, 0.1) is 0 Å². The average Bonchev–Trinajstić information content (AvgIpc) is 3.08. The summed E-state index contributed by atoms with van der Waals surface area (Å²) in [4.78, 5) is 12.6. The highest BCUT2D eigenvalue weighted by Crippen LogP contribution is 2.30. The molecule has 1 atom stereocenters. The third kappa shape index (κ3) is 2.19. The number of benzene rings is 1. The molecule has 1 aromatic heterocycles. The summed E-state index contributed by atoms with van der Waals surface area (Å²) in [6.45, 7) is 0.595. The van der Waals surface area contributed by atoms with Crippen LogP contribution >= 0.6 is 0 Å². The predicted octanol–water partition coefficient (Wildman–Crippen LogP) is 2.69. The Morgan fingerprint density at radius 1 is 1.26 bits per heavy atom. The van der Waals surface area contributed by atoms with Crippen molar-refractivity contribution in [2.45, 2.75) is 18.9 Å². The molecule has 0 spiro atoms. The van der Waals surface area contributed by atoms with E-state index in [2.05, 4.69) is 5.10 Å². The normalized spacial score (nSPS) is 18.7. The molecule has 3 rings (SSSR count). The Hall–Kier alpha value is -2.30. The molecule has 1 aliphatic heterocycles. The number of hydrogen-bond donors (Lipinski definition) is 1. The van der Waals surface area contributed by atoms with Crippen molar-refractivity contribution >= 4 is 6.09 Å². The molecular weight excluding hydrogens is 242 g/mol. The van der Waals surface area contributed by atoms with E-state index < -0.39 is 6.09 Å². The van der Waals surface area contributed by atoms with Crippen molar-refractivity contribution in [2.24, 2.45) is 0 Å². The van der Waals surface area contributed by atoms with Crippen molar-refractivity contribution < 1.29 is 9.90 Å². The van der Waals surface area contributed by atoms with E-state index in [9.17, 15) is 4.79 Å². The minimum atomic E-state index is -0.864. The first-order valence-electron chi connectivity index (χ1n) is 6.36. The molecular formula is C14H15N3O2. The lowest BCUT2D eigenvalue weighted by atomic mass is 10.1. The molecule has 1 saturated heterocycles. The zero-order valence-corrected chi connectivity index (χ0v) is 10.4. The molecule has 1 N–H and O–H groups in total. The van der Waals surface area contributed by atoms with Crippen LogP contribution in [0.25, 0.3) is 5.69 Å². The van der Waals surface area contributed by atoms with E-state index in [1.54, 1.807) is 4.68 Å². The standard InChI is InChI=1S/C14H15N3O2/c18-14(19)16-9-4-7-13(16)12-8-10-17(15-12)11-5-2-1-3-6-11/h1-3,5-6,8,10,13H,4,7,9H2,(H,18,19)/t13-/m0/s1. The topological polar surface area (TPSA) is 58.4 Å². The smallest absolute Gasteiger partial charge is 0.407 e. The van der Waals surface area contributed by atoms with Gasteiger partial charge in [0.05, 0.1) is 17.4 Å². The Balaban J connectivity index is 1.87. The van der Waals surface area contributed by atoms with E-state index in [1.807, 2.05) is 42.6 Å². The molecule has 0 unspecified atom stereocenters. The van der Waals surface area contributed by atoms with Gasteiger partial charge in [0.2, 0.25) is 0 Å². The Labute approximate surface area is 111 Å². The number of nitrogens with zero attached hydrogens (tertiary/aromatic N) is 3. The van der Waals surface area contributed by atoms with E-state index in [0.717, 1.165) is 24.2 Å². The molecule has 19 heavy (non-hydrogen) atoms. The summed E-state index contributed by atoms with van der Waals surface area (Å²) in [5, 5.41) is 13.7. The van der Waals surface area contributed by atoms with Gasteiger partial charge < -0.3 is 5.11 Å². The van der Waals surface area contributed by atoms with E-state index >= 15 is 0 Å². The quantitative estimate of drug-likeness (QED) is 0.899. The van der Waals surface area contributed by atoms with Gasteiger partial charge in [0.15, 0.2) is 0 Å². The van der Waals surface area contributed by atoms with Crippen LogP contribution in [-0.2, 0) is 0 Å². The third-order valence-corrected chi connectivity index (χ3v) is 3.47. The van der Waals surface area contributed by atoms with Crippen LogP contribution in [-0.4, -0.2) is 32.4 Å². The maximum atomic E-state index is 11.2. The van der Waals surface area contributed by atoms with Gasteiger partial charge in [0.25, 0.3) is 0 Å². The van der Waals surface area contributed by atoms with E-state index in [-0.39, 0.29) is 6.04 Å². The van der Waals surface area contributed by atoms with Gasteiger partial charge in [-0.2, -0.15) is 5.10 Å². The lowest BCUT2D eigenvalue weighted by Gasteiger charge is -2.19. The Kier molecular flexibility index (Phi) is 2.95. The minimum Gasteiger partial charge on any atom is -0.465 e. The Bertz CT molecular complexity index is 579. The summed E-state index contributed by atoms with van der Waals surface area (Å²) in [5.41, 5.74) is 1.80. The van der Waals surface area contributed by atoms with Crippen molar-refractivity contribution in [1.82, 2.24) is 14.7 Å². The molecule has 2 heterocycles. The van der Waals surface area contributed by atoms with Gasteiger partial charge in [0.1, 0.15) is 0 Å². The molecule has 1 aromatic carbocycles. The summed E-state index contributed by atoms with van der Waals surface area (Å²) >= 11 is 0. The van der Waals surface area contributed by atoms with Crippen LogP contribution in [0.2, 0.25) is 0 Å². The highest BCUT2D eigenvalue weighted by Gasteiger charge is 2.31. The second kappa shape index (κ2) is 4.76. The van der Waals surface area contributed by atoms with E-state index in [0.29, 0.717) is 6.54 Å². The number of rotatable bonds is 2. The summed E-state index contributed by atoms with van der Waals surface area (Å²) in [5.74, 6) is 0. The zero-order chi connectivity index (χ0) is 13.2. The van der Waals surface area contributed by atoms with Gasteiger partial charge in [0, 0.05) is 12.7 Å². The highest BCUT2D eigenvalue weighted by molar-refractivity contribution is 5.66. The van der Waals surface area contributed by atoms with Gasteiger partial charge in [-0.1, -0.05) is 18.2 Å². The molecule has 1 fully saturated rings. The molecule has 1 amide bonds. The second-order valence-electron chi connectivity index (χ2n) is 4.65. The molecule has 5 nitrogen and oxygen atoms in total. The second-order valence-corrected chi connectivity index (χ2v) is 4.65. The van der Waals surface area contributed by atoms with Crippen LogP contribution in [0.5, 0.6) is 0 Å². The van der Waals surface area contributed by atoms with Gasteiger partial charge in [-0.25, -0.2) is 9.48 Å². The number of amides is 1. The number of carbonyl (C=O) groups is 1. The maximum absolute atomic E-state index is 11.2. The van der Waals surface area contributed by atoms with Crippen molar-refractivity contribution in [2.75, 3.05) is 6.54 Å². The highest BCUT2D eigenvalue weighted by atomic mass is 16.4. The summed E-state index contributed by atoms with van der Waals surface area (Å²) in [6, 6.07) is 11.6. The first-order valence-corrected chi connectivity index (χ1v) is 6.36. The van der Waals surface area contributed by atoms with Crippen molar-refractivity contribution in [1.29, 1.82) is 0 Å². The van der Waals surface area contributed by atoms with Crippen molar-refractivity contribution in [3.63, 3.8) is 0 Å². The SMILES string of the molecule is O=C(O)N1CCC[C@H]1c1ccn(-c2ccccc2)n1. The minimum absolute atomic E-state index is 0.109. The van der Waals surface area contributed by atoms with Crippen LogP contribution in [0.15, 0.2) is 42.6 Å². The lowest BCUT2D eigenvalue weighted by molar-refractivity contribution is 0.139. The van der Waals surface area contributed by atoms with Gasteiger partial charge >= 0.3 is 6.09 Å². The predicted molar refractivity (Wildman–Crippen MR) is 70.3 cm³/mol. The van der Waals surface area contributed by atoms with Gasteiger partial charge in [-0.05, 0) is 31.0 Å². The van der Waals surface area contributed by atoms with Gasteiger partial charge in [-0.3, -0.25) is 4.90 Å². The van der Waals surface area contributed by atoms with Crippen LogP contribution in [0.3, 0.4) is 0 Å². The monoisotopic (exact) mass is 257 g/mol. The fraction of sp³-hybridized carbons (Fsp3) is 0.286. The van der Waals surface area contributed by atoms with Crippen LogP contribution in [0.1, 0.15) is 24.6 Å². The summed E-state index contributed by atoms with van der Waals surface area (Å²) < 4.78 is 1.79. The zero-order valence-electron chi connectivity index (χ0n) is 10.4. The molecule has 0 radical (unpaired) electrons. The van der Waals surface area contributed by atoms with E-state index in [1.165, 1.54) is 4.90 Å². The number of aromatic nitrogens is 2. The van der Waals surface area contributed by atoms with Crippen LogP contribution in [0.4, 0.5) is 4.79 Å². The maximum Gasteiger partial charge on any atom is 0.407 e. The first kappa shape index (κ1) is 11.8. The molecule has 2 aromatic rings. The Morgan fingerprint density at radius 2 is 2.05 bits per heavy atom. The molecule has 0 saturated carbocycles. The summed E-state index contributed by atoms with van der Waals surface area (Å²) in [7, 11) is 0. The fourth-order valence-electron chi connectivity index (χ4n) is 2.54. The molecule has 5 heteroatoms. The fourth-order valence-corrected chi connectivity index (χ4v) is 2.54. The number of likely N-dealkylation sites (tertiary alicyclic amines) is 1. The number of hydrogen-bond acceptors (Lipinski definition) is 2. The molecule has 1 aliphatic rings. The summed E-state index contributed by atoms with van der Waals surface area (Å²) in [6.07, 6.45) is 2.76. The molecule has 0 bridgehead atoms. The number of carboxylic acid groups (broad SMARTS) is 1. The molecule has 0 aliphatic carbocycles. The average molecular weight is 257 g/mol. The largest absolute Gasteiger partial charge is 0.465 e. The van der Waals surface area contributed by atoms with E-state index in [4.69, 9.17) is 5.11 Å². The van der Waals surface area contributed by atoms with Crippen LogP contribution < -0.4 is 0 Å². The Morgan fingerprint density at radius 3 is 2.79 bits per heavy atom. The number of para-hydroxylation sites is 1. The third-order valence-electron chi connectivity index (χ3n) is 3.47. The first-order chi connectivity index (χ1) is 9.25. The van der Waals surface area contributed by atoms with Gasteiger partial charge in [-0.15, -0.1) is 0 Å².